The van der Waals surface area contributed by atoms with Gasteiger partial charge in [-0.1, -0.05) is 0 Å². The third-order valence-corrected chi connectivity index (χ3v) is 3.50. The number of methoxy groups -OCH3 is 2. The highest BCUT2D eigenvalue weighted by Crippen LogP contribution is 2.52. The summed E-state index contributed by atoms with van der Waals surface area (Å²) in [5.41, 5.74) is 8.50. The first-order chi connectivity index (χ1) is 7.66. The Bertz CT molecular complexity index is 397. The second-order valence-electron chi connectivity index (χ2n) is 4.51. The van der Waals surface area contributed by atoms with Crippen LogP contribution in [-0.4, -0.2) is 20.8 Å². The van der Waals surface area contributed by atoms with Crippen LogP contribution in [0, 0.1) is 6.92 Å². The Morgan fingerprint density at radius 3 is 2.38 bits per heavy atom. The van der Waals surface area contributed by atoms with Crippen molar-refractivity contribution in [2.75, 3.05) is 20.8 Å². The second-order valence-corrected chi connectivity index (χ2v) is 4.51. The molecule has 0 spiro atoms. The highest BCUT2D eigenvalue weighted by Gasteiger charge is 2.45. The summed E-state index contributed by atoms with van der Waals surface area (Å²) in [6.45, 7) is 2.78. The summed E-state index contributed by atoms with van der Waals surface area (Å²) in [6.07, 6.45) is 2.32. The molecule has 0 saturated heterocycles. The van der Waals surface area contributed by atoms with Crippen LogP contribution in [0.4, 0.5) is 0 Å². The number of ether oxygens (including phenoxy) is 2. The van der Waals surface area contributed by atoms with Crippen molar-refractivity contribution in [1.29, 1.82) is 0 Å². The number of rotatable bonds is 4. The molecule has 0 aromatic heterocycles. The number of hydrogen-bond donors (Lipinski definition) is 1. The van der Waals surface area contributed by atoms with E-state index in [0.29, 0.717) is 6.54 Å². The highest BCUT2D eigenvalue weighted by molar-refractivity contribution is 5.52. The molecule has 1 aromatic rings. The minimum Gasteiger partial charge on any atom is -0.497 e. The van der Waals surface area contributed by atoms with Crippen molar-refractivity contribution in [2.24, 2.45) is 5.73 Å². The van der Waals surface area contributed by atoms with Gasteiger partial charge in [-0.2, -0.15) is 0 Å². The average Bonchev–Trinajstić information content (AvgIpc) is 3.08. The van der Waals surface area contributed by atoms with Crippen molar-refractivity contribution in [1.82, 2.24) is 0 Å². The summed E-state index contributed by atoms with van der Waals surface area (Å²) in [5.74, 6) is 1.74. The van der Waals surface area contributed by atoms with Gasteiger partial charge in [0, 0.05) is 23.6 Å². The topological polar surface area (TPSA) is 44.5 Å². The standard InChI is InChI=1S/C13H19NO2/c1-9-6-10(15-2)7-11(16-3)12(9)13(8-14)4-5-13/h6-7H,4-5,8,14H2,1-3H3. The van der Waals surface area contributed by atoms with E-state index in [1.165, 1.54) is 11.1 Å². The molecule has 1 aliphatic rings. The normalized spacial score (nSPS) is 17.0. The molecule has 0 unspecified atom stereocenters. The van der Waals surface area contributed by atoms with Gasteiger partial charge in [-0.15, -0.1) is 0 Å². The predicted octanol–water partition coefficient (Wildman–Crippen LogP) is 2.00. The van der Waals surface area contributed by atoms with Gasteiger partial charge in [0.2, 0.25) is 0 Å². The van der Waals surface area contributed by atoms with Gasteiger partial charge in [0.1, 0.15) is 11.5 Å². The molecule has 1 aromatic carbocycles. The van der Waals surface area contributed by atoms with Crippen LogP contribution in [0.2, 0.25) is 0 Å². The molecule has 0 radical (unpaired) electrons. The van der Waals surface area contributed by atoms with E-state index in [1.807, 2.05) is 12.1 Å². The van der Waals surface area contributed by atoms with Crippen molar-refractivity contribution in [3.8, 4) is 11.5 Å². The van der Waals surface area contributed by atoms with E-state index in [9.17, 15) is 0 Å². The van der Waals surface area contributed by atoms with E-state index in [2.05, 4.69) is 6.92 Å². The first-order valence-corrected chi connectivity index (χ1v) is 5.60. The minimum atomic E-state index is 0.154. The van der Waals surface area contributed by atoms with Crippen LogP contribution in [0.5, 0.6) is 11.5 Å². The molecule has 1 fully saturated rings. The van der Waals surface area contributed by atoms with E-state index in [4.69, 9.17) is 15.2 Å². The van der Waals surface area contributed by atoms with Crippen molar-refractivity contribution < 1.29 is 9.47 Å². The Balaban J connectivity index is 2.51. The van der Waals surface area contributed by atoms with E-state index >= 15 is 0 Å². The van der Waals surface area contributed by atoms with Crippen molar-refractivity contribution >= 4 is 0 Å². The van der Waals surface area contributed by atoms with Gasteiger partial charge in [-0.3, -0.25) is 0 Å². The maximum absolute atomic E-state index is 5.88. The fourth-order valence-corrected chi connectivity index (χ4v) is 2.39. The summed E-state index contributed by atoms with van der Waals surface area (Å²) in [7, 11) is 3.37. The SMILES string of the molecule is COc1cc(C)c(C2(CN)CC2)c(OC)c1. The third-order valence-electron chi connectivity index (χ3n) is 3.50. The summed E-state index contributed by atoms with van der Waals surface area (Å²) in [5, 5.41) is 0. The molecule has 1 saturated carbocycles. The first-order valence-electron chi connectivity index (χ1n) is 5.60. The molecule has 3 nitrogen and oxygen atoms in total. The van der Waals surface area contributed by atoms with Gasteiger partial charge in [-0.05, 0) is 31.4 Å². The Labute approximate surface area is 96.5 Å². The molecule has 0 heterocycles. The molecule has 88 valence electrons. The minimum absolute atomic E-state index is 0.154. The Hall–Kier alpha value is -1.22. The van der Waals surface area contributed by atoms with Gasteiger partial charge >= 0.3 is 0 Å². The zero-order valence-corrected chi connectivity index (χ0v) is 10.2. The lowest BCUT2D eigenvalue weighted by molar-refractivity contribution is 0.386. The Morgan fingerprint density at radius 1 is 1.25 bits per heavy atom. The van der Waals surface area contributed by atoms with E-state index in [-0.39, 0.29) is 5.41 Å². The fraction of sp³-hybridized carbons (Fsp3) is 0.538. The lowest BCUT2D eigenvalue weighted by Crippen LogP contribution is -2.21. The summed E-state index contributed by atoms with van der Waals surface area (Å²) >= 11 is 0. The smallest absolute Gasteiger partial charge is 0.126 e. The maximum Gasteiger partial charge on any atom is 0.126 e. The third kappa shape index (κ3) is 1.65. The van der Waals surface area contributed by atoms with Crippen LogP contribution >= 0.6 is 0 Å². The number of nitrogens with two attached hydrogens (primary N) is 1. The van der Waals surface area contributed by atoms with Crippen LogP contribution < -0.4 is 15.2 Å². The molecular formula is C13H19NO2. The zero-order valence-electron chi connectivity index (χ0n) is 10.2. The number of benzene rings is 1. The Kier molecular flexibility index (Phi) is 2.80. The molecule has 0 aliphatic heterocycles. The summed E-state index contributed by atoms with van der Waals surface area (Å²) in [6, 6.07) is 3.99. The number of aryl methyl sites for hydroxylation is 1. The van der Waals surface area contributed by atoms with Crippen LogP contribution in [0.1, 0.15) is 24.0 Å². The molecule has 0 atom stereocenters. The molecule has 2 N–H and O–H groups in total. The first kappa shape index (κ1) is 11.3. The van der Waals surface area contributed by atoms with Crippen molar-refractivity contribution in [3.05, 3.63) is 23.3 Å². The van der Waals surface area contributed by atoms with Crippen molar-refractivity contribution in [2.45, 2.75) is 25.2 Å². The quantitative estimate of drug-likeness (QED) is 0.845. The number of hydrogen-bond acceptors (Lipinski definition) is 3. The fourth-order valence-electron chi connectivity index (χ4n) is 2.39. The van der Waals surface area contributed by atoms with Crippen LogP contribution in [0.25, 0.3) is 0 Å². The molecule has 3 heteroatoms. The molecule has 0 amide bonds. The molecule has 16 heavy (non-hydrogen) atoms. The summed E-state index contributed by atoms with van der Waals surface area (Å²) < 4.78 is 10.7. The van der Waals surface area contributed by atoms with Crippen molar-refractivity contribution in [3.63, 3.8) is 0 Å². The highest BCUT2D eigenvalue weighted by atomic mass is 16.5. The second kappa shape index (κ2) is 3.98. The lowest BCUT2D eigenvalue weighted by Gasteiger charge is -2.20. The zero-order chi connectivity index (χ0) is 11.8. The maximum atomic E-state index is 5.88. The van der Waals surface area contributed by atoms with Crippen LogP contribution in [0.15, 0.2) is 12.1 Å². The van der Waals surface area contributed by atoms with E-state index in [0.717, 1.165) is 24.3 Å². The monoisotopic (exact) mass is 221 g/mol. The van der Waals surface area contributed by atoms with E-state index in [1.54, 1.807) is 14.2 Å². The van der Waals surface area contributed by atoms with Gasteiger partial charge < -0.3 is 15.2 Å². The molecule has 0 bridgehead atoms. The summed E-state index contributed by atoms with van der Waals surface area (Å²) in [4.78, 5) is 0. The van der Waals surface area contributed by atoms with Gasteiger partial charge in [0.15, 0.2) is 0 Å². The van der Waals surface area contributed by atoms with Gasteiger partial charge in [0.25, 0.3) is 0 Å². The van der Waals surface area contributed by atoms with Crippen LogP contribution in [-0.2, 0) is 5.41 Å². The van der Waals surface area contributed by atoms with Gasteiger partial charge in [-0.25, -0.2) is 0 Å². The average molecular weight is 221 g/mol. The molecular weight excluding hydrogens is 202 g/mol. The largest absolute Gasteiger partial charge is 0.497 e. The van der Waals surface area contributed by atoms with Crippen LogP contribution in [0.3, 0.4) is 0 Å². The molecule has 2 rings (SSSR count). The lowest BCUT2D eigenvalue weighted by atomic mass is 9.90. The molecule has 1 aliphatic carbocycles. The van der Waals surface area contributed by atoms with E-state index < -0.39 is 0 Å². The Morgan fingerprint density at radius 2 is 1.94 bits per heavy atom. The predicted molar refractivity (Wildman–Crippen MR) is 64.2 cm³/mol. The van der Waals surface area contributed by atoms with Gasteiger partial charge in [0.05, 0.1) is 14.2 Å².